The molecule has 2 N–H and O–H groups in total. The maximum absolute atomic E-state index is 12.4. The Bertz CT molecular complexity index is 698. The molecule has 3 atom stereocenters. The molecule has 168 valence electrons. The number of carbonyl (C=O) groups is 2. The second-order valence-electron chi connectivity index (χ2n) is 7.29. The number of hydrogen-bond donors (Lipinski definition) is 1. The maximum atomic E-state index is 12.4. The average molecular weight is 424 g/mol. The second-order valence-corrected chi connectivity index (χ2v) is 7.29. The molecule has 0 spiro atoms. The van der Waals surface area contributed by atoms with Crippen LogP contribution in [0.25, 0.3) is 0 Å². The summed E-state index contributed by atoms with van der Waals surface area (Å²) in [5.74, 6) is 0.590. The number of para-hydroxylation sites is 2. The summed E-state index contributed by atoms with van der Waals surface area (Å²) in [4.78, 5) is 25.8. The van der Waals surface area contributed by atoms with Crippen LogP contribution in [-0.4, -0.2) is 68.3 Å². The summed E-state index contributed by atoms with van der Waals surface area (Å²) in [7, 11) is 0. The lowest BCUT2D eigenvalue weighted by molar-refractivity contribution is -0.169. The monoisotopic (exact) mass is 424 g/mol. The van der Waals surface area contributed by atoms with Crippen LogP contribution in [0.3, 0.4) is 0 Å². The molecule has 1 aliphatic rings. The number of carbonyl (C=O) groups excluding carboxylic acids is 2. The Labute approximate surface area is 177 Å². The van der Waals surface area contributed by atoms with Crippen LogP contribution < -0.4 is 15.2 Å². The summed E-state index contributed by atoms with van der Waals surface area (Å²) in [5, 5.41) is 0. The number of ether oxygens (including phenoxy) is 5. The molecule has 1 amide bonds. The molecule has 30 heavy (non-hydrogen) atoms. The second kappa shape index (κ2) is 11.6. The molecule has 0 aliphatic carbocycles. The third-order valence-corrected chi connectivity index (χ3v) is 4.51. The van der Waals surface area contributed by atoms with Crippen molar-refractivity contribution in [2.45, 2.75) is 46.1 Å². The fourth-order valence-corrected chi connectivity index (χ4v) is 2.77. The smallest absolute Gasteiger partial charge is 0.413 e. The molecule has 0 saturated carbocycles. The Morgan fingerprint density at radius 2 is 1.83 bits per heavy atom. The molecule has 1 aromatic carbocycles. The predicted octanol–water partition coefficient (Wildman–Crippen LogP) is 2.17. The van der Waals surface area contributed by atoms with Gasteiger partial charge in [-0.05, 0) is 25.0 Å². The highest BCUT2D eigenvalue weighted by Crippen LogP contribution is 2.26. The number of nitrogens with zero attached hydrogens (tertiary/aromatic N) is 1. The fraction of sp³-hybridized carbons (Fsp3) is 0.619. The van der Waals surface area contributed by atoms with E-state index in [1.165, 1.54) is 11.8 Å². The van der Waals surface area contributed by atoms with Gasteiger partial charge >= 0.3 is 12.1 Å². The van der Waals surface area contributed by atoms with Crippen molar-refractivity contribution >= 4 is 12.1 Å². The number of nitrogens with two attached hydrogens (primary N) is 1. The zero-order chi connectivity index (χ0) is 22.1. The van der Waals surface area contributed by atoms with Crippen LogP contribution in [0.1, 0.15) is 27.7 Å². The van der Waals surface area contributed by atoms with Gasteiger partial charge in [-0.3, -0.25) is 4.79 Å². The summed E-state index contributed by atoms with van der Waals surface area (Å²) in [6.45, 7) is 8.80. The van der Waals surface area contributed by atoms with Gasteiger partial charge in [0, 0.05) is 13.5 Å². The van der Waals surface area contributed by atoms with E-state index in [1.54, 1.807) is 0 Å². The molecular formula is C21H32N2O7. The Kier molecular flexibility index (Phi) is 9.19. The minimum Gasteiger partial charge on any atom is -0.490 e. The van der Waals surface area contributed by atoms with Crippen molar-refractivity contribution in [1.82, 2.24) is 4.90 Å². The van der Waals surface area contributed by atoms with E-state index in [2.05, 4.69) is 0 Å². The van der Waals surface area contributed by atoms with Gasteiger partial charge in [0.15, 0.2) is 11.5 Å². The van der Waals surface area contributed by atoms with E-state index in [0.717, 1.165) is 0 Å². The van der Waals surface area contributed by atoms with Crippen LogP contribution >= 0.6 is 0 Å². The average Bonchev–Trinajstić information content (AvgIpc) is 2.72. The molecule has 9 nitrogen and oxygen atoms in total. The van der Waals surface area contributed by atoms with Crippen molar-refractivity contribution in [3.63, 3.8) is 0 Å². The molecule has 1 fully saturated rings. The van der Waals surface area contributed by atoms with Gasteiger partial charge in [-0.25, -0.2) is 4.79 Å². The molecule has 0 aromatic heterocycles. The van der Waals surface area contributed by atoms with Gasteiger partial charge in [-0.2, -0.15) is 0 Å². The maximum Gasteiger partial charge on any atom is 0.413 e. The molecule has 0 radical (unpaired) electrons. The van der Waals surface area contributed by atoms with Gasteiger partial charge in [-0.15, -0.1) is 0 Å². The first kappa shape index (κ1) is 23.8. The summed E-state index contributed by atoms with van der Waals surface area (Å²) >= 11 is 0. The Morgan fingerprint density at radius 3 is 2.47 bits per heavy atom. The predicted molar refractivity (Wildman–Crippen MR) is 109 cm³/mol. The van der Waals surface area contributed by atoms with E-state index in [-0.39, 0.29) is 18.6 Å². The van der Waals surface area contributed by atoms with Crippen molar-refractivity contribution in [2.24, 2.45) is 11.7 Å². The number of esters is 1. The van der Waals surface area contributed by atoms with Crippen LogP contribution in [0, 0.1) is 5.92 Å². The van der Waals surface area contributed by atoms with Gasteiger partial charge in [-0.1, -0.05) is 26.0 Å². The molecule has 2 unspecified atom stereocenters. The van der Waals surface area contributed by atoms with Crippen LogP contribution in [0.5, 0.6) is 11.5 Å². The zero-order valence-corrected chi connectivity index (χ0v) is 18.0. The standard InChI is InChI=1S/C21H32N2O7/c1-5-26-17-8-6-7-9-18(17)28-13-16-12-23(10-11-27-16)21(25)30-15(4)29-20(24)19(22)14(2)3/h6-9,14-16,19H,5,10-13,22H2,1-4H3/t15?,16?,19-/m1/s1. The normalized spacial score (nSPS) is 18.5. The van der Waals surface area contributed by atoms with Gasteiger partial charge in [0.2, 0.25) is 6.29 Å². The Balaban J connectivity index is 1.82. The van der Waals surface area contributed by atoms with E-state index in [1.807, 2.05) is 45.0 Å². The number of benzene rings is 1. The first-order valence-corrected chi connectivity index (χ1v) is 10.2. The highest BCUT2D eigenvalue weighted by molar-refractivity contribution is 5.76. The number of morpholine rings is 1. The van der Waals surface area contributed by atoms with Gasteiger partial charge in [0.05, 0.1) is 19.8 Å². The van der Waals surface area contributed by atoms with Crippen LogP contribution in [0.15, 0.2) is 24.3 Å². The van der Waals surface area contributed by atoms with Crippen LogP contribution in [0.2, 0.25) is 0 Å². The lowest BCUT2D eigenvalue weighted by Gasteiger charge is -2.32. The minimum absolute atomic E-state index is 0.0757. The highest BCUT2D eigenvalue weighted by atomic mass is 16.7. The number of hydrogen-bond acceptors (Lipinski definition) is 8. The summed E-state index contributed by atoms with van der Waals surface area (Å²) in [6.07, 6.45) is -1.95. The molecule has 1 heterocycles. The third kappa shape index (κ3) is 7.07. The third-order valence-electron chi connectivity index (χ3n) is 4.51. The largest absolute Gasteiger partial charge is 0.490 e. The van der Waals surface area contributed by atoms with Crippen molar-refractivity contribution < 1.29 is 33.3 Å². The minimum atomic E-state index is -1.04. The molecule has 1 aromatic rings. The lowest BCUT2D eigenvalue weighted by Crippen LogP contribution is -2.48. The fourth-order valence-electron chi connectivity index (χ4n) is 2.77. The van der Waals surface area contributed by atoms with E-state index in [4.69, 9.17) is 29.4 Å². The number of amides is 1. The van der Waals surface area contributed by atoms with Crippen molar-refractivity contribution in [2.75, 3.05) is 32.9 Å². The Hall–Kier alpha value is -2.52. The van der Waals surface area contributed by atoms with Crippen molar-refractivity contribution in [3.05, 3.63) is 24.3 Å². The molecule has 1 aliphatic heterocycles. The SMILES string of the molecule is CCOc1ccccc1OCC1CN(C(=O)OC(C)OC(=O)[C@H](N)C(C)C)CCO1. The number of rotatable bonds is 9. The van der Waals surface area contributed by atoms with Crippen LogP contribution in [-0.2, 0) is 19.0 Å². The first-order valence-electron chi connectivity index (χ1n) is 10.2. The summed E-state index contributed by atoms with van der Waals surface area (Å²) in [6, 6.07) is 6.61. The van der Waals surface area contributed by atoms with Gasteiger partial charge < -0.3 is 34.3 Å². The van der Waals surface area contributed by atoms with Crippen molar-refractivity contribution in [3.8, 4) is 11.5 Å². The summed E-state index contributed by atoms with van der Waals surface area (Å²) < 4.78 is 27.4. The quantitative estimate of drug-likeness (QED) is 0.474. The van der Waals surface area contributed by atoms with E-state index in [0.29, 0.717) is 37.8 Å². The lowest BCUT2D eigenvalue weighted by atomic mass is 10.1. The van der Waals surface area contributed by atoms with Crippen LogP contribution in [0.4, 0.5) is 4.79 Å². The highest BCUT2D eigenvalue weighted by Gasteiger charge is 2.28. The van der Waals surface area contributed by atoms with E-state index >= 15 is 0 Å². The molecule has 1 saturated heterocycles. The van der Waals surface area contributed by atoms with E-state index < -0.39 is 24.4 Å². The van der Waals surface area contributed by atoms with Crippen molar-refractivity contribution in [1.29, 1.82) is 0 Å². The summed E-state index contributed by atoms with van der Waals surface area (Å²) in [5.41, 5.74) is 5.75. The van der Waals surface area contributed by atoms with E-state index in [9.17, 15) is 9.59 Å². The zero-order valence-electron chi connectivity index (χ0n) is 18.0. The molecule has 9 heteroatoms. The van der Waals surface area contributed by atoms with Gasteiger partial charge in [0.1, 0.15) is 18.8 Å². The molecule has 0 bridgehead atoms. The topological polar surface area (TPSA) is 110 Å². The first-order chi connectivity index (χ1) is 14.3. The van der Waals surface area contributed by atoms with Gasteiger partial charge in [0.25, 0.3) is 0 Å². The molecular weight excluding hydrogens is 392 g/mol. The molecule has 2 rings (SSSR count). The Morgan fingerprint density at radius 1 is 1.17 bits per heavy atom.